The second-order valence-corrected chi connectivity index (χ2v) is 12.8. The van der Waals surface area contributed by atoms with Crippen LogP contribution in [0.15, 0.2) is 190 Å². The van der Waals surface area contributed by atoms with E-state index in [1.165, 1.54) is 5.39 Å². The molecule has 0 bridgehead atoms. The maximum absolute atomic E-state index is 6.67. The zero-order valence-corrected chi connectivity index (χ0v) is 27.8. The summed E-state index contributed by atoms with van der Waals surface area (Å²) in [5.41, 5.74) is 16.0. The molecule has 0 aliphatic carbocycles. The van der Waals surface area contributed by atoms with Crippen LogP contribution >= 0.6 is 0 Å². The Kier molecular flexibility index (Phi) is 7.67. The number of hydrogen-bond acceptors (Lipinski definition) is 2. The van der Waals surface area contributed by atoms with Crippen LogP contribution in [0.4, 0.5) is 0 Å². The third-order valence-corrected chi connectivity index (χ3v) is 9.55. The van der Waals surface area contributed by atoms with Crippen molar-refractivity contribution in [1.29, 1.82) is 0 Å². The Bertz CT molecular complexity index is 2780. The van der Waals surface area contributed by atoms with Crippen molar-refractivity contribution >= 4 is 55.2 Å². The number of hydrogen-bond donors (Lipinski definition) is 1. The van der Waals surface area contributed by atoms with Crippen molar-refractivity contribution in [3.63, 3.8) is 0 Å². The van der Waals surface area contributed by atoms with Crippen LogP contribution in [0.2, 0.25) is 0 Å². The third-order valence-electron chi connectivity index (χ3n) is 9.55. The second-order valence-electron chi connectivity index (χ2n) is 12.8. The van der Waals surface area contributed by atoms with Gasteiger partial charge in [0.15, 0.2) is 5.84 Å². The van der Waals surface area contributed by atoms with Crippen molar-refractivity contribution in [1.82, 2.24) is 0 Å². The molecule has 0 unspecified atom stereocenters. The number of rotatable bonds is 6. The molecule has 1 heterocycles. The molecule has 0 fully saturated rings. The van der Waals surface area contributed by atoms with E-state index in [0.29, 0.717) is 18.2 Å². The zero-order valence-electron chi connectivity index (χ0n) is 27.8. The lowest BCUT2D eigenvalue weighted by Crippen LogP contribution is -2.16. The average Bonchev–Trinajstić information content (AvgIpc) is 3.58. The van der Waals surface area contributed by atoms with Crippen LogP contribution in [-0.4, -0.2) is 11.7 Å². The largest absolute Gasteiger partial charge is 0.456 e. The van der Waals surface area contributed by atoms with Gasteiger partial charge in [0.25, 0.3) is 0 Å². The summed E-state index contributed by atoms with van der Waals surface area (Å²) in [5, 5.41) is 6.88. The monoisotopic (exact) mass is 655 g/mol. The van der Waals surface area contributed by atoms with Crippen LogP contribution in [0.1, 0.15) is 16.7 Å². The predicted molar refractivity (Wildman–Crippen MR) is 213 cm³/mol. The van der Waals surface area contributed by atoms with E-state index in [2.05, 4.69) is 133 Å². The summed E-state index contributed by atoms with van der Waals surface area (Å²) in [7, 11) is 0. The number of nitrogens with zero attached hydrogens (tertiary/aromatic N) is 2. The molecule has 9 rings (SSSR count). The molecular formula is C47H33N3O. The van der Waals surface area contributed by atoms with E-state index in [-0.39, 0.29) is 0 Å². The molecule has 0 saturated heterocycles. The molecular weight excluding hydrogens is 623 g/mol. The van der Waals surface area contributed by atoms with Gasteiger partial charge in [-0.25, -0.2) is 4.99 Å². The zero-order chi connectivity index (χ0) is 34.1. The Balaban J connectivity index is 1.06. The fourth-order valence-electron chi connectivity index (χ4n) is 6.90. The van der Waals surface area contributed by atoms with Gasteiger partial charge < -0.3 is 10.2 Å². The Hall–Kier alpha value is -6.78. The SMILES string of the molecule is NC(=NC(=NCc1ccc2cc(-c3cccc4oc5ccccc5c34)ccc2c1)c1ccc(-c2ccccc2)cc1)c1ccc2ccccc2c1. The lowest BCUT2D eigenvalue weighted by molar-refractivity contribution is 0.669. The Morgan fingerprint density at radius 1 is 0.490 bits per heavy atom. The number of nitrogens with two attached hydrogens (primary N) is 1. The van der Waals surface area contributed by atoms with E-state index in [1.54, 1.807) is 0 Å². The van der Waals surface area contributed by atoms with E-state index < -0.39 is 0 Å². The fraction of sp³-hybridized carbons (Fsp3) is 0.0213. The maximum Gasteiger partial charge on any atom is 0.157 e. The normalized spacial score (nSPS) is 12.3. The summed E-state index contributed by atoms with van der Waals surface area (Å²) in [6, 6.07) is 60.9. The molecule has 0 amide bonds. The molecule has 4 heteroatoms. The number of amidine groups is 2. The van der Waals surface area contributed by atoms with E-state index in [9.17, 15) is 0 Å². The van der Waals surface area contributed by atoms with Gasteiger partial charge in [0.05, 0.1) is 6.54 Å². The first kappa shape index (κ1) is 30.3. The van der Waals surface area contributed by atoms with Crippen molar-refractivity contribution in [3.05, 3.63) is 193 Å². The first-order valence-electron chi connectivity index (χ1n) is 17.1. The molecule has 0 radical (unpaired) electrons. The van der Waals surface area contributed by atoms with Crippen LogP contribution in [0.25, 0.3) is 65.7 Å². The van der Waals surface area contributed by atoms with Gasteiger partial charge in [-0.05, 0) is 79.7 Å². The van der Waals surface area contributed by atoms with Crippen LogP contribution < -0.4 is 5.73 Å². The van der Waals surface area contributed by atoms with E-state index in [4.69, 9.17) is 20.1 Å². The Morgan fingerprint density at radius 2 is 1.14 bits per heavy atom. The van der Waals surface area contributed by atoms with Crippen LogP contribution in [0.3, 0.4) is 0 Å². The van der Waals surface area contributed by atoms with Gasteiger partial charge in [-0.15, -0.1) is 0 Å². The molecule has 8 aromatic carbocycles. The summed E-state index contributed by atoms with van der Waals surface area (Å²) in [5.74, 6) is 1.02. The minimum Gasteiger partial charge on any atom is -0.456 e. The topological polar surface area (TPSA) is 63.9 Å². The molecule has 2 N–H and O–H groups in total. The molecule has 0 atom stereocenters. The minimum atomic E-state index is 0.429. The molecule has 4 nitrogen and oxygen atoms in total. The molecule has 1 aromatic heterocycles. The van der Waals surface area contributed by atoms with Crippen molar-refractivity contribution < 1.29 is 4.42 Å². The van der Waals surface area contributed by atoms with Gasteiger partial charge in [0, 0.05) is 21.9 Å². The van der Waals surface area contributed by atoms with Crippen molar-refractivity contribution in [3.8, 4) is 22.3 Å². The first-order valence-corrected chi connectivity index (χ1v) is 17.1. The van der Waals surface area contributed by atoms with Crippen molar-refractivity contribution in [2.24, 2.45) is 15.7 Å². The second kappa shape index (κ2) is 12.9. The quantitative estimate of drug-likeness (QED) is 0.143. The lowest BCUT2D eigenvalue weighted by atomic mass is 9.96. The summed E-state index contributed by atoms with van der Waals surface area (Å²) < 4.78 is 6.16. The molecule has 0 saturated carbocycles. The highest BCUT2D eigenvalue weighted by Crippen LogP contribution is 2.37. The average molecular weight is 656 g/mol. The highest BCUT2D eigenvalue weighted by Gasteiger charge is 2.13. The molecule has 0 spiro atoms. The van der Waals surface area contributed by atoms with Crippen molar-refractivity contribution in [2.75, 3.05) is 0 Å². The van der Waals surface area contributed by atoms with Gasteiger partial charge >= 0.3 is 0 Å². The highest BCUT2D eigenvalue weighted by molar-refractivity contribution is 6.13. The minimum absolute atomic E-state index is 0.429. The van der Waals surface area contributed by atoms with Crippen LogP contribution in [-0.2, 0) is 6.54 Å². The summed E-state index contributed by atoms with van der Waals surface area (Å²) in [6.07, 6.45) is 0. The Morgan fingerprint density at radius 3 is 2.02 bits per heavy atom. The number of furan rings is 1. The summed E-state index contributed by atoms with van der Waals surface area (Å²) in [4.78, 5) is 9.99. The fourth-order valence-corrected chi connectivity index (χ4v) is 6.90. The smallest absolute Gasteiger partial charge is 0.157 e. The Labute approximate surface area is 295 Å². The predicted octanol–water partition coefficient (Wildman–Crippen LogP) is 11.6. The molecule has 242 valence electrons. The van der Waals surface area contributed by atoms with Gasteiger partial charge in [-0.3, -0.25) is 4.99 Å². The maximum atomic E-state index is 6.67. The lowest BCUT2D eigenvalue weighted by Gasteiger charge is -2.09. The van der Waals surface area contributed by atoms with E-state index >= 15 is 0 Å². The van der Waals surface area contributed by atoms with Crippen LogP contribution in [0, 0.1) is 0 Å². The summed E-state index contributed by atoms with van der Waals surface area (Å²) in [6.45, 7) is 0.461. The van der Waals surface area contributed by atoms with Gasteiger partial charge in [0.2, 0.25) is 0 Å². The van der Waals surface area contributed by atoms with Gasteiger partial charge in [0.1, 0.15) is 17.0 Å². The number of benzene rings is 8. The molecule has 9 aromatic rings. The molecule has 0 aliphatic rings. The van der Waals surface area contributed by atoms with E-state index in [1.807, 2.05) is 42.5 Å². The van der Waals surface area contributed by atoms with E-state index in [0.717, 1.165) is 77.0 Å². The summed E-state index contributed by atoms with van der Waals surface area (Å²) >= 11 is 0. The number of fused-ring (bicyclic) bond motifs is 5. The first-order chi connectivity index (χ1) is 25.2. The van der Waals surface area contributed by atoms with Crippen LogP contribution in [0.5, 0.6) is 0 Å². The molecule has 51 heavy (non-hydrogen) atoms. The third kappa shape index (κ3) is 5.94. The number of aliphatic imine (C=N–C) groups is 2. The number of para-hydroxylation sites is 1. The standard InChI is InChI=1S/C47H33N3O/c48-46(40-26-21-33-11-4-5-12-36(33)29-40)50-47(35-22-19-34(20-23-35)32-9-2-1-3-10-32)49-30-31-17-18-38-28-39(25-24-37(38)27-31)41-14-8-16-44-45(41)42-13-6-7-15-43(42)51-44/h1-29H,30H2,(H2,48,49,50). The molecule has 0 aliphatic heterocycles. The van der Waals surface area contributed by atoms with Gasteiger partial charge in [-0.2, -0.15) is 0 Å². The van der Waals surface area contributed by atoms with Crippen molar-refractivity contribution in [2.45, 2.75) is 6.54 Å². The van der Waals surface area contributed by atoms with Gasteiger partial charge in [-0.1, -0.05) is 146 Å². The highest BCUT2D eigenvalue weighted by atomic mass is 16.3.